The van der Waals surface area contributed by atoms with Crippen molar-refractivity contribution >= 4 is 17.2 Å². The fraction of sp³-hybridized carbons (Fsp3) is 0.583. The van der Waals surface area contributed by atoms with Gasteiger partial charge in [0, 0.05) is 17.3 Å². The van der Waals surface area contributed by atoms with Crippen molar-refractivity contribution in [1.29, 1.82) is 0 Å². The van der Waals surface area contributed by atoms with E-state index in [0.29, 0.717) is 18.3 Å². The number of rotatable bonds is 7. The normalized spacial score (nSPS) is 14.2. The second-order valence-electron chi connectivity index (χ2n) is 4.31. The van der Waals surface area contributed by atoms with E-state index >= 15 is 0 Å². The number of likely N-dealkylation sites (N-methyl/N-ethyl adjacent to an activating group) is 1. The molecule has 1 aromatic rings. The minimum Gasteiger partial charge on any atom is -0.409 e. The van der Waals surface area contributed by atoms with Crippen molar-refractivity contribution in [3.8, 4) is 0 Å². The Morgan fingerprint density at radius 2 is 2.41 bits per heavy atom. The summed E-state index contributed by atoms with van der Waals surface area (Å²) in [5.41, 5.74) is 5.43. The Bertz CT molecular complexity index is 338. The van der Waals surface area contributed by atoms with E-state index in [0.717, 1.165) is 19.4 Å². The summed E-state index contributed by atoms with van der Waals surface area (Å²) in [5.74, 6) is 0.310. The molecule has 1 aromatic heterocycles. The van der Waals surface area contributed by atoms with Crippen LogP contribution in [0.15, 0.2) is 22.7 Å². The quantitative estimate of drug-likeness (QED) is 0.339. The number of hydrogen-bond acceptors (Lipinski definition) is 4. The van der Waals surface area contributed by atoms with Crippen molar-refractivity contribution in [2.24, 2.45) is 10.9 Å². The van der Waals surface area contributed by atoms with Gasteiger partial charge in [0.05, 0.1) is 0 Å². The Labute approximate surface area is 107 Å². The maximum absolute atomic E-state index is 8.43. The number of hydrogen-bond donors (Lipinski definition) is 2. The van der Waals surface area contributed by atoms with E-state index in [1.807, 2.05) is 0 Å². The van der Waals surface area contributed by atoms with Gasteiger partial charge < -0.3 is 15.8 Å². The molecule has 0 fully saturated rings. The SMILES string of the molecule is CC(Cc1cccs1)N(C)CCC/C(N)=N/O. The van der Waals surface area contributed by atoms with Crippen LogP contribution >= 0.6 is 11.3 Å². The molecule has 0 amide bonds. The van der Waals surface area contributed by atoms with Crippen molar-refractivity contribution < 1.29 is 5.21 Å². The van der Waals surface area contributed by atoms with Gasteiger partial charge in [0.1, 0.15) is 5.84 Å². The van der Waals surface area contributed by atoms with Gasteiger partial charge in [-0.05, 0) is 44.8 Å². The van der Waals surface area contributed by atoms with Crippen LogP contribution in [-0.4, -0.2) is 35.6 Å². The third kappa shape index (κ3) is 5.19. The lowest BCUT2D eigenvalue weighted by molar-refractivity contribution is 0.255. The Balaban J connectivity index is 2.25. The summed E-state index contributed by atoms with van der Waals surface area (Å²) in [6.07, 6.45) is 2.64. The van der Waals surface area contributed by atoms with Gasteiger partial charge in [0.25, 0.3) is 0 Å². The summed E-state index contributed by atoms with van der Waals surface area (Å²) < 4.78 is 0. The van der Waals surface area contributed by atoms with Crippen LogP contribution < -0.4 is 5.73 Å². The monoisotopic (exact) mass is 255 g/mol. The molecule has 0 saturated heterocycles. The molecule has 1 unspecified atom stereocenters. The Kier molecular flexibility index (Phi) is 6.00. The Morgan fingerprint density at radius 3 is 3.00 bits per heavy atom. The fourth-order valence-electron chi connectivity index (χ4n) is 1.66. The third-order valence-corrected chi connectivity index (χ3v) is 3.80. The standard InChI is InChI=1S/C12H21N3OS/c1-10(9-11-5-4-8-17-11)15(2)7-3-6-12(13)14-16/h4-5,8,10,16H,3,6-7,9H2,1-2H3,(H2,13,14). The predicted molar refractivity (Wildman–Crippen MR) is 72.8 cm³/mol. The highest BCUT2D eigenvalue weighted by molar-refractivity contribution is 7.09. The summed E-state index contributed by atoms with van der Waals surface area (Å²) in [6.45, 7) is 3.19. The zero-order chi connectivity index (χ0) is 12.7. The number of nitrogens with zero attached hydrogens (tertiary/aromatic N) is 2. The van der Waals surface area contributed by atoms with E-state index in [2.05, 4.69) is 41.5 Å². The van der Waals surface area contributed by atoms with Gasteiger partial charge >= 0.3 is 0 Å². The lowest BCUT2D eigenvalue weighted by atomic mass is 10.1. The molecular formula is C12H21N3OS. The molecule has 0 radical (unpaired) electrons. The largest absolute Gasteiger partial charge is 0.409 e. The molecule has 1 atom stereocenters. The van der Waals surface area contributed by atoms with Gasteiger partial charge in [-0.15, -0.1) is 11.3 Å². The van der Waals surface area contributed by atoms with Crippen LogP contribution in [-0.2, 0) is 6.42 Å². The smallest absolute Gasteiger partial charge is 0.139 e. The zero-order valence-corrected chi connectivity index (χ0v) is 11.3. The summed E-state index contributed by atoms with van der Waals surface area (Å²) in [7, 11) is 2.12. The summed E-state index contributed by atoms with van der Waals surface area (Å²) in [6, 6.07) is 4.78. The van der Waals surface area contributed by atoms with Gasteiger partial charge in [-0.25, -0.2) is 0 Å². The molecule has 0 aromatic carbocycles. The highest BCUT2D eigenvalue weighted by atomic mass is 32.1. The first-order valence-electron chi connectivity index (χ1n) is 5.82. The first kappa shape index (κ1) is 14.0. The zero-order valence-electron chi connectivity index (χ0n) is 10.5. The van der Waals surface area contributed by atoms with Crippen LogP contribution in [0.25, 0.3) is 0 Å². The molecular weight excluding hydrogens is 234 g/mol. The Morgan fingerprint density at radius 1 is 1.65 bits per heavy atom. The maximum Gasteiger partial charge on any atom is 0.139 e. The topological polar surface area (TPSA) is 61.8 Å². The molecule has 4 nitrogen and oxygen atoms in total. The molecule has 0 spiro atoms. The van der Waals surface area contributed by atoms with Crippen molar-refractivity contribution in [1.82, 2.24) is 4.90 Å². The number of amidine groups is 1. The van der Waals surface area contributed by atoms with E-state index in [1.54, 1.807) is 11.3 Å². The Hall–Kier alpha value is -1.07. The second kappa shape index (κ2) is 7.29. The number of nitrogens with two attached hydrogens (primary N) is 1. The average Bonchev–Trinajstić information content (AvgIpc) is 2.81. The molecule has 0 aliphatic rings. The van der Waals surface area contributed by atoms with E-state index in [4.69, 9.17) is 10.9 Å². The van der Waals surface area contributed by atoms with E-state index in [1.165, 1.54) is 4.88 Å². The van der Waals surface area contributed by atoms with Gasteiger partial charge in [-0.2, -0.15) is 0 Å². The molecule has 5 heteroatoms. The highest BCUT2D eigenvalue weighted by Gasteiger charge is 2.10. The van der Waals surface area contributed by atoms with Gasteiger partial charge in [-0.3, -0.25) is 0 Å². The molecule has 96 valence electrons. The van der Waals surface area contributed by atoms with E-state index < -0.39 is 0 Å². The van der Waals surface area contributed by atoms with Crippen LogP contribution in [0.5, 0.6) is 0 Å². The number of oxime groups is 1. The van der Waals surface area contributed by atoms with Crippen molar-refractivity contribution in [2.45, 2.75) is 32.2 Å². The fourth-order valence-corrected chi connectivity index (χ4v) is 2.48. The van der Waals surface area contributed by atoms with E-state index in [-0.39, 0.29) is 0 Å². The first-order valence-corrected chi connectivity index (χ1v) is 6.70. The molecule has 0 aliphatic heterocycles. The molecule has 0 aliphatic carbocycles. The van der Waals surface area contributed by atoms with Crippen LogP contribution in [0.3, 0.4) is 0 Å². The third-order valence-electron chi connectivity index (χ3n) is 2.90. The summed E-state index contributed by atoms with van der Waals surface area (Å²) >= 11 is 1.80. The van der Waals surface area contributed by atoms with Crippen LogP contribution in [0.1, 0.15) is 24.6 Å². The average molecular weight is 255 g/mol. The molecule has 0 saturated carbocycles. The van der Waals surface area contributed by atoms with Crippen molar-refractivity contribution in [3.05, 3.63) is 22.4 Å². The van der Waals surface area contributed by atoms with Crippen LogP contribution in [0, 0.1) is 0 Å². The molecule has 1 rings (SSSR count). The maximum atomic E-state index is 8.43. The second-order valence-corrected chi connectivity index (χ2v) is 5.34. The molecule has 3 N–H and O–H groups in total. The first-order chi connectivity index (χ1) is 8.13. The lowest BCUT2D eigenvalue weighted by Crippen LogP contribution is -2.32. The van der Waals surface area contributed by atoms with Crippen molar-refractivity contribution in [3.63, 3.8) is 0 Å². The van der Waals surface area contributed by atoms with Crippen molar-refractivity contribution in [2.75, 3.05) is 13.6 Å². The molecule has 0 bridgehead atoms. The highest BCUT2D eigenvalue weighted by Crippen LogP contribution is 2.13. The van der Waals surface area contributed by atoms with Gasteiger partial charge in [-0.1, -0.05) is 11.2 Å². The summed E-state index contributed by atoms with van der Waals surface area (Å²) in [4.78, 5) is 3.73. The molecule has 1 heterocycles. The lowest BCUT2D eigenvalue weighted by Gasteiger charge is -2.24. The van der Waals surface area contributed by atoms with E-state index in [9.17, 15) is 0 Å². The van der Waals surface area contributed by atoms with Crippen LogP contribution in [0.2, 0.25) is 0 Å². The van der Waals surface area contributed by atoms with Crippen LogP contribution in [0.4, 0.5) is 0 Å². The molecule has 17 heavy (non-hydrogen) atoms. The number of thiophene rings is 1. The minimum atomic E-state index is 0.310. The summed E-state index contributed by atoms with van der Waals surface area (Å²) in [5, 5.41) is 13.5. The minimum absolute atomic E-state index is 0.310. The van der Waals surface area contributed by atoms with Gasteiger partial charge in [0.2, 0.25) is 0 Å². The predicted octanol–water partition coefficient (Wildman–Crippen LogP) is 2.14. The van der Waals surface area contributed by atoms with Gasteiger partial charge in [0.15, 0.2) is 0 Å².